The van der Waals surface area contributed by atoms with Crippen molar-refractivity contribution >= 4 is 22.8 Å². The Labute approximate surface area is 127 Å². The highest BCUT2D eigenvalue weighted by Gasteiger charge is 2.05. The predicted octanol–water partition coefficient (Wildman–Crippen LogP) is 3.32. The molecule has 5 heteroatoms. The first-order valence-electron chi connectivity index (χ1n) is 6.73. The van der Waals surface area contributed by atoms with Gasteiger partial charge >= 0.3 is 0 Å². The van der Waals surface area contributed by atoms with Gasteiger partial charge in [0.2, 0.25) is 0 Å². The number of nitrogens with one attached hydrogen (secondary N) is 1. The molecule has 0 aliphatic rings. The first-order chi connectivity index (χ1) is 10.3. The third kappa shape index (κ3) is 3.20. The van der Waals surface area contributed by atoms with E-state index in [1.807, 2.05) is 18.2 Å². The Kier molecular flexibility index (Phi) is 4.13. The van der Waals surface area contributed by atoms with Crippen molar-refractivity contribution in [3.8, 4) is 5.75 Å². The van der Waals surface area contributed by atoms with Crippen molar-refractivity contribution in [1.29, 1.82) is 0 Å². The SMILES string of the molecule is COc1ccc2nc(SCc3ccc(CN)cc3)[nH]c2c1. The zero-order valence-electron chi connectivity index (χ0n) is 11.8. The van der Waals surface area contributed by atoms with E-state index >= 15 is 0 Å². The Balaban J connectivity index is 1.72. The molecule has 2 aromatic carbocycles. The van der Waals surface area contributed by atoms with E-state index in [2.05, 4.69) is 34.2 Å². The molecule has 0 atom stereocenters. The smallest absolute Gasteiger partial charge is 0.166 e. The maximum absolute atomic E-state index is 5.60. The van der Waals surface area contributed by atoms with E-state index in [4.69, 9.17) is 10.5 Å². The van der Waals surface area contributed by atoms with Crippen LogP contribution in [0.5, 0.6) is 5.75 Å². The van der Waals surface area contributed by atoms with Gasteiger partial charge in [-0.2, -0.15) is 0 Å². The van der Waals surface area contributed by atoms with Gasteiger partial charge in [-0.25, -0.2) is 4.98 Å². The van der Waals surface area contributed by atoms with E-state index < -0.39 is 0 Å². The van der Waals surface area contributed by atoms with E-state index in [9.17, 15) is 0 Å². The third-order valence-corrected chi connectivity index (χ3v) is 4.25. The van der Waals surface area contributed by atoms with Crippen molar-refractivity contribution in [1.82, 2.24) is 9.97 Å². The summed E-state index contributed by atoms with van der Waals surface area (Å²) in [6.07, 6.45) is 0. The summed E-state index contributed by atoms with van der Waals surface area (Å²) in [5.41, 5.74) is 9.96. The summed E-state index contributed by atoms with van der Waals surface area (Å²) in [7, 11) is 1.66. The Bertz CT molecular complexity index is 737. The molecule has 0 amide bonds. The molecule has 21 heavy (non-hydrogen) atoms. The molecule has 0 radical (unpaired) electrons. The zero-order valence-corrected chi connectivity index (χ0v) is 12.6. The lowest BCUT2D eigenvalue weighted by Crippen LogP contribution is -1.95. The molecule has 0 bridgehead atoms. The van der Waals surface area contributed by atoms with E-state index in [1.165, 1.54) is 5.56 Å². The number of ether oxygens (including phenoxy) is 1. The second-order valence-corrected chi connectivity index (χ2v) is 5.70. The molecule has 0 fully saturated rings. The quantitative estimate of drug-likeness (QED) is 0.709. The highest BCUT2D eigenvalue weighted by Crippen LogP contribution is 2.25. The second-order valence-electron chi connectivity index (χ2n) is 4.73. The van der Waals surface area contributed by atoms with Crippen molar-refractivity contribution in [2.75, 3.05) is 7.11 Å². The topological polar surface area (TPSA) is 63.9 Å². The summed E-state index contributed by atoms with van der Waals surface area (Å²) in [5.74, 6) is 1.71. The molecule has 0 saturated heterocycles. The molecule has 3 rings (SSSR count). The van der Waals surface area contributed by atoms with Crippen LogP contribution in [0.4, 0.5) is 0 Å². The normalized spacial score (nSPS) is 11.0. The number of fused-ring (bicyclic) bond motifs is 1. The number of H-pyrrole nitrogens is 1. The average molecular weight is 299 g/mol. The van der Waals surface area contributed by atoms with Crippen LogP contribution in [-0.4, -0.2) is 17.1 Å². The van der Waals surface area contributed by atoms with Crippen molar-refractivity contribution in [3.05, 3.63) is 53.6 Å². The van der Waals surface area contributed by atoms with Gasteiger partial charge in [-0.05, 0) is 23.3 Å². The molecule has 4 nitrogen and oxygen atoms in total. The Hall–Kier alpha value is -1.98. The van der Waals surface area contributed by atoms with Crippen molar-refractivity contribution < 1.29 is 4.74 Å². The fourth-order valence-electron chi connectivity index (χ4n) is 2.08. The van der Waals surface area contributed by atoms with Crippen molar-refractivity contribution in [2.45, 2.75) is 17.5 Å². The minimum absolute atomic E-state index is 0.582. The maximum Gasteiger partial charge on any atom is 0.166 e. The van der Waals surface area contributed by atoms with Crippen LogP contribution in [0.3, 0.4) is 0 Å². The number of nitrogens with two attached hydrogens (primary N) is 1. The first kappa shape index (κ1) is 14.0. The lowest BCUT2D eigenvalue weighted by atomic mass is 10.1. The lowest BCUT2D eigenvalue weighted by Gasteiger charge is -2.01. The molecule has 0 saturated carbocycles. The maximum atomic E-state index is 5.60. The molecule has 3 N–H and O–H groups in total. The van der Waals surface area contributed by atoms with Gasteiger partial charge in [-0.15, -0.1) is 0 Å². The summed E-state index contributed by atoms with van der Waals surface area (Å²) in [6, 6.07) is 14.2. The number of aromatic amines is 1. The molecular formula is C16H17N3OS. The molecule has 108 valence electrons. The van der Waals surface area contributed by atoms with Gasteiger partial charge in [0.1, 0.15) is 5.75 Å². The van der Waals surface area contributed by atoms with Crippen LogP contribution in [0, 0.1) is 0 Å². The fraction of sp³-hybridized carbons (Fsp3) is 0.188. The number of aromatic nitrogens is 2. The highest BCUT2D eigenvalue weighted by molar-refractivity contribution is 7.98. The van der Waals surface area contributed by atoms with Crippen LogP contribution in [0.2, 0.25) is 0 Å². The Morgan fingerprint density at radius 1 is 1.14 bits per heavy atom. The molecular weight excluding hydrogens is 282 g/mol. The van der Waals surface area contributed by atoms with Crippen molar-refractivity contribution in [3.63, 3.8) is 0 Å². The zero-order chi connectivity index (χ0) is 14.7. The Morgan fingerprint density at radius 3 is 2.62 bits per heavy atom. The van der Waals surface area contributed by atoms with E-state index in [0.717, 1.165) is 33.3 Å². The van der Waals surface area contributed by atoms with Crippen LogP contribution >= 0.6 is 11.8 Å². The van der Waals surface area contributed by atoms with E-state index in [1.54, 1.807) is 18.9 Å². The minimum Gasteiger partial charge on any atom is -0.497 e. The van der Waals surface area contributed by atoms with Crippen LogP contribution in [-0.2, 0) is 12.3 Å². The third-order valence-electron chi connectivity index (χ3n) is 3.30. The van der Waals surface area contributed by atoms with E-state index in [-0.39, 0.29) is 0 Å². The monoisotopic (exact) mass is 299 g/mol. The Morgan fingerprint density at radius 2 is 1.90 bits per heavy atom. The van der Waals surface area contributed by atoms with Gasteiger partial charge in [0.15, 0.2) is 5.16 Å². The molecule has 1 heterocycles. The molecule has 3 aromatic rings. The highest BCUT2D eigenvalue weighted by atomic mass is 32.2. The first-order valence-corrected chi connectivity index (χ1v) is 7.71. The number of methoxy groups -OCH3 is 1. The van der Waals surface area contributed by atoms with Crippen LogP contribution in [0.25, 0.3) is 11.0 Å². The molecule has 1 aromatic heterocycles. The van der Waals surface area contributed by atoms with Crippen molar-refractivity contribution in [2.24, 2.45) is 5.73 Å². The van der Waals surface area contributed by atoms with Gasteiger partial charge in [0.25, 0.3) is 0 Å². The van der Waals surface area contributed by atoms with Crippen LogP contribution in [0.15, 0.2) is 47.6 Å². The summed E-state index contributed by atoms with van der Waals surface area (Å²) in [5, 5.41) is 0.918. The van der Waals surface area contributed by atoms with E-state index in [0.29, 0.717) is 6.54 Å². The number of hydrogen-bond acceptors (Lipinski definition) is 4. The summed E-state index contributed by atoms with van der Waals surface area (Å²) >= 11 is 1.69. The van der Waals surface area contributed by atoms with Gasteiger partial charge in [0, 0.05) is 18.4 Å². The molecule has 0 aliphatic heterocycles. The standard InChI is InChI=1S/C16H17N3OS/c1-20-13-6-7-14-15(8-13)19-16(18-14)21-10-12-4-2-11(9-17)3-5-12/h2-8H,9-10,17H2,1H3,(H,18,19). The van der Waals surface area contributed by atoms with Crippen LogP contribution in [0.1, 0.15) is 11.1 Å². The largest absolute Gasteiger partial charge is 0.497 e. The summed E-state index contributed by atoms with van der Waals surface area (Å²) < 4.78 is 5.22. The molecule has 0 unspecified atom stereocenters. The number of hydrogen-bond donors (Lipinski definition) is 2. The second kappa shape index (κ2) is 6.20. The van der Waals surface area contributed by atoms with Gasteiger partial charge in [0.05, 0.1) is 18.1 Å². The molecule has 0 spiro atoms. The van der Waals surface area contributed by atoms with Gasteiger partial charge in [-0.1, -0.05) is 36.0 Å². The fourth-order valence-corrected chi connectivity index (χ4v) is 2.92. The number of benzene rings is 2. The average Bonchev–Trinajstić information content (AvgIpc) is 2.95. The van der Waals surface area contributed by atoms with Gasteiger partial charge < -0.3 is 15.5 Å². The number of rotatable bonds is 5. The number of nitrogens with zero attached hydrogens (tertiary/aromatic N) is 1. The number of imidazole rings is 1. The summed E-state index contributed by atoms with van der Waals surface area (Å²) in [6.45, 7) is 0.582. The lowest BCUT2D eigenvalue weighted by molar-refractivity contribution is 0.415. The van der Waals surface area contributed by atoms with Crippen LogP contribution < -0.4 is 10.5 Å². The predicted molar refractivity (Wildman–Crippen MR) is 86.5 cm³/mol. The number of thioether (sulfide) groups is 1. The van der Waals surface area contributed by atoms with Gasteiger partial charge in [-0.3, -0.25) is 0 Å². The molecule has 0 aliphatic carbocycles. The summed E-state index contributed by atoms with van der Waals surface area (Å²) in [4.78, 5) is 7.88. The minimum atomic E-state index is 0.582.